The average molecular weight is 537 g/mol. The van der Waals surface area contributed by atoms with E-state index in [1.54, 1.807) is 6.92 Å². The normalized spacial score (nSPS) is 11.6. The predicted molar refractivity (Wildman–Crippen MR) is 133 cm³/mol. The molecule has 2 aromatic heterocycles. The molecule has 3 rings (SSSR count). The molecule has 2 heterocycles. The van der Waals surface area contributed by atoms with Crippen LogP contribution < -0.4 is 15.6 Å². The van der Waals surface area contributed by atoms with Gasteiger partial charge in [0.2, 0.25) is 11.0 Å². The van der Waals surface area contributed by atoms with Crippen molar-refractivity contribution in [2.24, 2.45) is 0 Å². The van der Waals surface area contributed by atoms with Crippen LogP contribution in [0.1, 0.15) is 12.5 Å². The monoisotopic (exact) mass is 536 g/mol. The van der Waals surface area contributed by atoms with Crippen LogP contribution in [0.15, 0.2) is 46.1 Å². The molecular formula is C21H24N6O7S2. The molecule has 0 saturated carbocycles. The zero-order valence-electron chi connectivity index (χ0n) is 19.4. The number of carbonyl (C=O) groups excluding carboxylic acids is 2. The van der Waals surface area contributed by atoms with E-state index in [2.05, 4.69) is 15.2 Å². The van der Waals surface area contributed by atoms with Gasteiger partial charge in [0.15, 0.2) is 0 Å². The van der Waals surface area contributed by atoms with Crippen LogP contribution in [-0.4, -0.2) is 71.5 Å². The molecule has 1 amide bonds. The van der Waals surface area contributed by atoms with Crippen molar-refractivity contribution in [3.8, 4) is 10.6 Å². The number of aromatic nitrogens is 4. The molecule has 1 atom stereocenters. The summed E-state index contributed by atoms with van der Waals surface area (Å²) in [5.74, 6) is -1.32. The fourth-order valence-electron chi connectivity index (χ4n) is 3.10. The second-order valence-electron chi connectivity index (χ2n) is 7.41. The molecule has 2 N–H and O–H groups in total. The number of aryl methyl sites for hydroxylation is 1. The van der Waals surface area contributed by atoms with E-state index in [1.165, 1.54) is 13.1 Å². The molecule has 0 radical (unpaired) electrons. The van der Waals surface area contributed by atoms with E-state index in [-0.39, 0.29) is 30.4 Å². The van der Waals surface area contributed by atoms with Gasteiger partial charge < -0.3 is 9.64 Å². The van der Waals surface area contributed by atoms with Gasteiger partial charge >= 0.3 is 11.7 Å². The van der Waals surface area contributed by atoms with Crippen LogP contribution in [0.2, 0.25) is 0 Å². The zero-order valence-corrected chi connectivity index (χ0v) is 21.1. The number of ether oxygens (including phenoxy) is 1. The number of H-pyrrole nitrogens is 1. The van der Waals surface area contributed by atoms with Gasteiger partial charge in [-0.2, -0.15) is 0 Å². The van der Waals surface area contributed by atoms with Gasteiger partial charge in [-0.05, 0) is 13.8 Å². The first-order valence-electron chi connectivity index (χ1n) is 10.7. The quantitative estimate of drug-likeness (QED) is 0.260. The fourth-order valence-corrected chi connectivity index (χ4v) is 4.60. The molecule has 0 aliphatic heterocycles. The standard InChI is InChI=1S/C21H24N6O7S2/c1-3-34-17(29)13-25(16(28)12-26-11-14(2)18(30)22-20(26)31)9-10-27(36(32)33)21-24-23-19(35-21)15-7-5-4-6-8-15/h4-8,11H,3,9-10,12-13H2,1-2H3,(H,32,33)(H,22,30,31). The van der Waals surface area contributed by atoms with Gasteiger partial charge in [0, 0.05) is 23.9 Å². The Bertz CT molecular complexity index is 1350. The summed E-state index contributed by atoms with van der Waals surface area (Å²) in [5.41, 5.74) is -0.340. The Kier molecular flexibility index (Phi) is 9.21. The van der Waals surface area contributed by atoms with Crippen molar-refractivity contribution < 1.29 is 23.1 Å². The van der Waals surface area contributed by atoms with Gasteiger partial charge in [-0.25, -0.2) is 13.3 Å². The number of aromatic amines is 1. The van der Waals surface area contributed by atoms with E-state index in [1.807, 2.05) is 30.3 Å². The Morgan fingerprint density at radius 2 is 1.92 bits per heavy atom. The van der Waals surface area contributed by atoms with Crippen LogP contribution in [0.25, 0.3) is 10.6 Å². The minimum Gasteiger partial charge on any atom is -0.465 e. The van der Waals surface area contributed by atoms with E-state index >= 15 is 0 Å². The minimum atomic E-state index is -2.50. The van der Waals surface area contributed by atoms with E-state index in [0.29, 0.717) is 5.01 Å². The number of rotatable bonds is 11. The van der Waals surface area contributed by atoms with Crippen LogP contribution in [0.4, 0.5) is 5.13 Å². The maximum atomic E-state index is 13.0. The second-order valence-corrected chi connectivity index (χ2v) is 9.27. The Hall–Kier alpha value is -3.69. The van der Waals surface area contributed by atoms with Crippen LogP contribution in [0.3, 0.4) is 0 Å². The number of amides is 1. The number of benzene rings is 1. The van der Waals surface area contributed by atoms with Crippen molar-refractivity contribution in [1.29, 1.82) is 0 Å². The molecule has 15 heteroatoms. The number of nitrogens with zero attached hydrogens (tertiary/aromatic N) is 5. The summed E-state index contributed by atoms with van der Waals surface area (Å²) >= 11 is -1.41. The first-order valence-corrected chi connectivity index (χ1v) is 12.6. The molecule has 0 saturated heterocycles. The summed E-state index contributed by atoms with van der Waals surface area (Å²) in [7, 11) is 0. The summed E-state index contributed by atoms with van der Waals surface area (Å²) in [5, 5.41) is 8.74. The highest BCUT2D eigenvalue weighted by atomic mass is 32.2. The van der Waals surface area contributed by atoms with Crippen molar-refractivity contribution in [3.63, 3.8) is 0 Å². The molecule has 1 unspecified atom stereocenters. The number of esters is 1. The predicted octanol–water partition coefficient (Wildman–Crippen LogP) is 0.399. The van der Waals surface area contributed by atoms with Gasteiger partial charge in [0.25, 0.3) is 16.8 Å². The molecule has 0 bridgehead atoms. The highest BCUT2D eigenvalue weighted by molar-refractivity contribution is 7.81. The third kappa shape index (κ3) is 6.93. The lowest BCUT2D eigenvalue weighted by Crippen LogP contribution is -2.45. The van der Waals surface area contributed by atoms with E-state index in [0.717, 1.165) is 30.7 Å². The highest BCUT2D eigenvalue weighted by Crippen LogP contribution is 2.28. The topological polar surface area (TPSA) is 168 Å². The maximum absolute atomic E-state index is 13.0. The van der Waals surface area contributed by atoms with Crippen LogP contribution in [0, 0.1) is 6.92 Å². The number of hydrogen-bond acceptors (Lipinski definition) is 9. The first-order chi connectivity index (χ1) is 17.2. The van der Waals surface area contributed by atoms with Crippen molar-refractivity contribution in [3.05, 3.63) is 62.9 Å². The third-order valence-electron chi connectivity index (χ3n) is 4.88. The van der Waals surface area contributed by atoms with E-state index in [9.17, 15) is 27.9 Å². The fraction of sp³-hybridized carbons (Fsp3) is 0.333. The molecule has 0 aliphatic carbocycles. The Balaban J connectivity index is 1.79. The van der Waals surface area contributed by atoms with E-state index in [4.69, 9.17) is 4.74 Å². The Morgan fingerprint density at radius 1 is 1.19 bits per heavy atom. The van der Waals surface area contributed by atoms with Gasteiger partial charge in [0.05, 0.1) is 13.2 Å². The number of anilines is 1. The van der Waals surface area contributed by atoms with Crippen LogP contribution in [-0.2, 0) is 32.1 Å². The average Bonchev–Trinajstić information content (AvgIpc) is 3.32. The number of nitrogens with one attached hydrogen (secondary N) is 1. The Labute approximate surface area is 211 Å². The van der Waals surface area contributed by atoms with Gasteiger partial charge in [-0.1, -0.05) is 41.7 Å². The summed E-state index contributed by atoms with van der Waals surface area (Å²) in [6, 6.07) is 9.15. The van der Waals surface area contributed by atoms with Crippen molar-refractivity contribution in [2.75, 3.05) is 30.5 Å². The van der Waals surface area contributed by atoms with Gasteiger partial charge in [-0.3, -0.25) is 28.5 Å². The molecular weight excluding hydrogens is 512 g/mol. The lowest BCUT2D eigenvalue weighted by Gasteiger charge is -2.25. The van der Waals surface area contributed by atoms with E-state index < -0.39 is 47.5 Å². The zero-order chi connectivity index (χ0) is 26.2. The largest absolute Gasteiger partial charge is 0.465 e. The van der Waals surface area contributed by atoms with Crippen molar-refractivity contribution >= 4 is 39.6 Å². The summed E-state index contributed by atoms with van der Waals surface area (Å²) in [4.78, 5) is 52.0. The summed E-state index contributed by atoms with van der Waals surface area (Å²) < 4.78 is 28.9. The molecule has 0 fully saturated rings. The minimum absolute atomic E-state index is 0.0965. The second kappa shape index (κ2) is 12.3. The van der Waals surface area contributed by atoms with Crippen LogP contribution in [0.5, 0.6) is 0 Å². The molecule has 36 heavy (non-hydrogen) atoms. The third-order valence-corrected chi connectivity index (χ3v) is 6.73. The number of carbonyl (C=O) groups is 2. The highest BCUT2D eigenvalue weighted by Gasteiger charge is 2.24. The van der Waals surface area contributed by atoms with Gasteiger partial charge in [-0.15, -0.1) is 10.2 Å². The van der Waals surface area contributed by atoms with Gasteiger partial charge in [0.1, 0.15) is 18.1 Å². The summed E-state index contributed by atoms with van der Waals surface area (Å²) in [6.45, 7) is 1.95. The molecule has 192 valence electrons. The smallest absolute Gasteiger partial charge is 0.328 e. The number of hydrogen-bond donors (Lipinski definition) is 2. The summed E-state index contributed by atoms with van der Waals surface area (Å²) in [6.07, 6.45) is 1.24. The Morgan fingerprint density at radius 3 is 2.58 bits per heavy atom. The molecule has 1 aromatic carbocycles. The lowest BCUT2D eigenvalue weighted by atomic mass is 10.2. The molecule has 0 spiro atoms. The van der Waals surface area contributed by atoms with Crippen LogP contribution >= 0.6 is 11.3 Å². The lowest BCUT2D eigenvalue weighted by molar-refractivity contribution is -0.149. The molecule has 13 nitrogen and oxygen atoms in total. The van der Waals surface area contributed by atoms with Crippen molar-refractivity contribution in [1.82, 2.24) is 24.6 Å². The maximum Gasteiger partial charge on any atom is 0.328 e. The molecule has 3 aromatic rings. The SMILES string of the molecule is CCOC(=O)CN(CCN(c1nnc(-c2ccccc2)s1)S(=O)O)C(=O)Cn1cc(C)c(=O)[nH]c1=O. The first kappa shape index (κ1) is 26.9. The molecule has 0 aliphatic rings. The van der Waals surface area contributed by atoms with Crippen molar-refractivity contribution in [2.45, 2.75) is 20.4 Å².